The maximum Gasteiger partial charge on any atom is 0.335 e. The summed E-state index contributed by atoms with van der Waals surface area (Å²) in [6.07, 6.45) is 1.80. The third-order valence-electron chi connectivity index (χ3n) is 2.84. The van der Waals surface area contributed by atoms with Crippen LogP contribution in [0.15, 0.2) is 48.7 Å². The first-order valence-electron chi connectivity index (χ1n) is 5.26. The smallest absolute Gasteiger partial charge is 0.335 e. The molecular weight excluding hydrogens is 214 g/mol. The molecule has 17 heavy (non-hydrogen) atoms. The Bertz CT molecular complexity index is 734. The molecule has 82 valence electrons. The van der Waals surface area contributed by atoms with E-state index in [1.165, 1.54) is 0 Å². The maximum atomic E-state index is 11.0. The van der Waals surface area contributed by atoms with Gasteiger partial charge < -0.3 is 5.11 Å². The molecule has 0 saturated heterocycles. The van der Waals surface area contributed by atoms with Crippen molar-refractivity contribution >= 4 is 27.6 Å². The standard InChI is InChI=1S/C14H9NO2/c16-14(17)9-5-6-13-12(7-9)11-4-2-1-3-10(11)8-15-13/h1-8H,(H,16,17). The molecule has 1 aromatic heterocycles. The number of carboxylic acids is 1. The molecule has 0 unspecified atom stereocenters. The number of benzene rings is 2. The average molecular weight is 223 g/mol. The molecule has 0 aliphatic heterocycles. The van der Waals surface area contributed by atoms with Gasteiger partial charge in [0.15, 0.2) is 0 Å². The molecule has 1 N–H and O–H groups in total. The van der Waals surface area contributed by atoms with E-state index in [0.29, 0.717) is 0 Å². The van der Waals surface area contributed by atoms with Gasteiger partial charge in [0.2, 0.25) is 0 Å². The van der Waals surface area contributed by atoms with Crippen molar-refractivity contribution in [2.75, 3.05) is 0 Å². The lowest BCUT2D eigenvalue weighted by atomic mass is 10.0. The van der Waals surface area contributed by atoms with Crippen molar-refractivity contribution in [2.45, 2.75) is 0 Å². The minimum atomic E-state index is -0.917. The summed E-state index contributed by atoms with van der Waals surface area (Å²) in [5, 5.41) is 11.9. The summed E-state index contributed by atoms with van der Waals surface area (Å²) in [5.41, 5.74) is 1.10. The molecule has 2 aromatic carbocycles. The van der Waals surface area contributed by atoms with Gasteiger partial charge in [0, 0.05) is 17.0 Å². The molecule has 0 atom stereocenters. The van der Waals surface area contributed by atoms with Gasteiger partial charge in [-0.15, -0.1) is 0 Å². The molecule has 3 aromatic rings. The van der Waals surface area contributed by atoms with E-state index in [-0.39, 0.29) is 5.56 Å². The van der Waals surface area contributed by atoms with Crippen LogP contribution < -0.4 is 0 Å². The first kappa shape index (κ1) is 9.78. The molecule has 0 saturated carbocycles. The van der Waals surface area contributed by atoms with Crippen molar-refractivity contribution in [1.29, 1.82) is 0 Å². The minimum Gasteiger partial charge on any atom is -0.478 e. The van der Waals surface area contributed by atoms with E-state index in [9.17, 15) is 4.79 Å². The lowest BCUT2D eigenvalue weighted by molar-refractivity contribution is 0.0697. The molecule has 0 amide bonds. The second-order valence-electron chi connectivity index (χ2n) is 3.88. The van der Waals surface area contributed by atoms with E-state index < -0.39 is 5.97 Å². The summed E-state index contributed by atoms with van der Waals surface area (Å²) in [7, 11) is 0. The second kappa shape index (κ2) is 3.56. The number of hydrogen-bond donors (Lipinski definition) is 1. The van der Waals surface area contributed by atoms with Crippen LogP contribution in [0.2, 0.25) is 0 Å². The van der Waals surface area contributed by atoms with E-state index in [4.69, 9.17) is 5.11 Å². The third-order valence-corrected chi connectivity index (χ3v) is 2.84. The lowest BCUT2D eigenvalue weighted by Crippen LogP contribution is -1.95. The van der Waals surface area contributed by atoms with Crippen LogP contribution in [0, 0.1) is 0 Å². The van der Waals surface area contributed by atoms with Crippen LogP contribution in [0.25, 0.3) is 21.7 Å². The summed E-state index contributed by atoms with van der Waals surface area (Å²) < 4.78 is 0. The van der Waals surface area contributed by atoms with Crippen molar-refractivity contribution in [3.8, 4) is 0 Å². The highest BCUT2D eigenvalue weighted by Crippen LogP contribution is 2.24. The van der Waals surface area contributed by atoms with Crippen LogP contribution in [0.1, 0.15) is 10.4 Å². The van der Waals surface area contributed by atoms with Gasteiger partial charge in [-0.3, -0.25) is 4.98 Å². The van der Waals surface area contributed by atoms with Gasteiger partial charge >= 0.3 is 5.97 Å². The van der Waals surface area contributed by atoms with E-state index in [1.54, 1.807) is 24.4 Å². The molecule has 0 radical (unpaired) electrons. The monoisotopic (exact) mass is 223 g/mol. The Morgan fingerprint density at radius 2 is 1.88 bits per heavy atom. The predicted molar refractivity (Wildman–Crippen MR) is 66.2 cm³/mol. The molecule has 0 bridgehead atoms. The zero-order valence-electron chi connectivity index (χ0n) is 8.92. The topological polar surface area (TPSA) is 50.2 Å². The molecule has 3 heteroatoms. The number of fused-ring (bicyclic) bond motifs is 3. The number of aromatic nitrogens is 1. The van der Waals surface area contributed by atoms with Crippen LogP contribution in [-0.2, 0) is 0 Å². The number of pyridine rings is 1. The Morgan fingerprint density at radius 3 is 2.71 bits per heavy atom. The molecule has 3 rings (SSSR count). The van der Waals surface area contributed by atoms with Crippen LogP contribution in [0.3, 0.4) is 0 Å². The Balaban J connectivity index is 2.46. The van der Waals surface area contributed by atoms with Crippen LogP contribution in [0.4, 0.5) is 0 Å². The summed E-state index contributed by atoms with van der Waals surface area (Å²) in [4.78, 5) is 15.3. The van der Waals surface area contributed by atoms with Gasteiger partial charge in [0.25, 0.3) is 0 Å². The van der Waals surface area contributed by atoms with Crippen molar-refractivity contribution in [3.05, 3.63) is 54.2 Å². The maximum absolute atomic E-state index is 11.0. The average Bonchev–Trinajstić information content (AvgIpc) is 2.38. The second-order valence-corrected chi connectivity index (χ2v) is 3.88. The fourth-order valence-electron chi connectivity index (χ4n) is 1.99. The molecule has 0 aliphatic rings. The molecule has 0 spiro atoms. The number of rotatable bonds is 1. The van der Waals surface area contributed by atoms with E-state index in [2.05, 4.69) is 4.98 Å². The summed E-state index contributed by atoms with van der Waals surface area (Å²) in [6, 6.07) is 12.8. The van der Waals surface area contributed by atoms with Crippen molar-refractivity contribution < 1.29 is 9.90 Å². The predicted octanol–water partition coefficient (Wildman–Crippen LogP) is 3.09. The molecular formula is C14H9NO2. The highest BCUT2D eigenvalue weighted by molar-refractivity contribution is 6.07. The number of carboxylic acid groups (broad SMARTS) is 1. The van der Waals surface area contributed by atoms with Gasteiger partial charge in [0.1, 0.15) is 0 Å². The zero-order valence-corrected chi connectivity index (χ0v) is 8.92. The summed E-state index contributed by atoms with van der Waals surface area (Å²) in [5.74, 6) is -0.917. The van der Waals surface area contributed by atoms with Gasteiger partial charge in [0.05, 0.1) is 11.1 Å². The van der Waals surface area contributed by atoms with E-state index >= 15 is 0 Å². The largest absolute Gasteiger partial charge is 0.478 e. The van der Waals surface area contributed by atoms with Crippen molar-refractivity contribution in [3.63, 3.8) is 0 Å². The quantitative estimate of drug-likeness (QED) is 0.645. The van der Waals surface area contributed by atoms with Crippen LogP contribution >= 0.6 is 0 Å². The number of carbonyl (C=O) groups is 1. The van der Waals surface area contributed by atoms with Crippen LogP contribution in [-0.4, -0.2) is 16.1 Å². The lowest BCUT2D eigenvalue weighted by Gasteiger charge is -2.03. The van der Waals surface area contributed by atoms with Gasteiger partial charge in [-0.1, -0.05) is 24.3 Å². The van der Waals surface area contributed by atoms with Gasteiger partial charge in [-0.2, -0.15) is 0 Å². The third kappa shape index (κ3) is 1.52. The van der Waals surface area contributed by atoms with Gasteiger partial charge in [-0.25, -0.2) is 4.79 Å². The number of hydrogen-bond acceptors (Lipinski definition) is 2. The summed E-state index contributed by atoms with van der Waals surface area (Å²) >= 11 is 0. The minimum absolute atomic E-state index is 0.288. The SMILES string of the molecule is O=C(O)c1ccc2ncc3ccccc3c2c1. The van der Waals surface area contributed by atoms with E-state index in [0.717, 1.165) is 21.7 Å². The number of aromatic carboxylic acids is 1. The normalized spacial score (nSPS) is 10.8. The van der Waals surface area contributed by atoms with E-state index in [1.807, 2.05) is 24.3 Å². The molecule has 0 aliphatic carbocycles. The van der Waals surface area contributed by atoms with Gasteiger partial charge in [-0.05, 0) is 23.6 Å². The van der Waals surface area contributed by atoms with Crippen molar-refractivity contribution in [1.82, 2.24) is 4.98 Å². The Labute approximate surface area is 97.3 Å². The highest BCUT2D eigenvalue weighted by atomic mass is 16.4. The first-order chi connectivity index (χ1) is 8.25. The highest BCUT2D eigenvalue weighted by Gasteiger charge is 2.06. The first-order valence-corrected chi connectivity index (χ1v) is 5.26. The summed E-state index contributed by atoms with van der Waals surface area (Å²) in [6.45, 7) is 0. The zero-order chi connectivity index (χ0) is 11.8. The Hall–Kier alpha value is -2.42. The Morgan fingerprint density at radius 1 is 1.06 bits per heavy atom. The van der Waals surface area contributed by atoms with Crippen LogP contribution in [0.5, 0.6) is 0 Å². The molecule has 1 heterocycles. The van der Waals surface area contributed by atoms with Crippen molar-refractivity contribution in [2.24, 2.45) is 0 Å². The number of nitrogens with zero attached hydrogens (tertiary/aromatic N) is 1. The fourth-order valence-corrected chi connectivity index (χ4v) is 1.99. The Kier molecular flexibility index (Phi) is 2.05. The fraction of sp³-hybridized carbons (Fsp3) is 0. The molecule has 3 nitrogen and oxygen atoms in total. The molecule has 0 fully saturated rings.